The highest BCUT2D eigenvalue weighted by Gasteiger charge is 2.48. The molecule has 0 bridgehead atoms. The Morgan fingerprint density at radius 3 is 2.48 bits per heavy atom. The highest BCUT2D eigenvalue weighted by molar-refractivity contribution is 6.00. The number of halogens is 1. The van der Waals surface area contributed by atoms with E-state index in [1.54, 1.807) is 17.0 Å². The molecule has 6 heteroatoms. The van der Waals surface area contributed by atoms with E-state index in [4.69, 9.17) is 0 Å². The number of rotatable bonds is 5. The lowest BCUT2D eigenvalue weighted by molar-refractivity contribution is -0.133. The Morgan fingerprint density at radius 1 is 1.03 bits per heavy atom. The molecular formula is C27H28FN3O2. The average Bonchev–Trinajstić information content (AvgIpc) is 3.47. The fraction of sp³-hybridized carbons (Fsp3) is 0.333. The Balaban J connectivity index is 1.55. The number of fused-ring (bicyclic) bond motifs is 1. The lowest BCUT2D eigenvalue weighted by Crippen LogP contribution is -2.64. The lowest BCUT2D eigenvalue weighted by Gasteiger charge is -2.45. The van der Waals surface area contributed by atoms with Crippen LogP contribution in [-0.4, -0.2) is 32.9 Å². The van der Waals surface area contributed by atoms with Crippen LogP contribution >= 0.6 is 0 Å². The van der Waals surface area contributed by atoms with Gasteiger partial charge in [-0.2, -0.15) is 0 Å². The Labute approximate surface area is 193 Å². The van der Waals surface area contributed by atoms with Gasteiger partial charge in [-0.1, -0.05) is 55.3 Å². The number of carbonyl (C=O) groups is 2. The van der Waals surface area contributed by atoms with Crippen molar-refractivity contribution in [2.45, 2.75) is 57.3 Å². The van der Waals surface area contributed by atoms with Crippen molar-refractivity contribution in [1.82, 2.24) is 14.8 Å². The van der Waals surface area contributed by atoms with Crippen LogP contribution in [0.1, 0.15) is 48.7 Å². The van der Waals surface area contributed by atoms with Crippen molar-refractivity contribution in [2.24, 2.45) is 0 Å². The monoisotopic (exact) mass is 445 g/mol. The van der Waals surface area contributed by atoms with Gasteiger partial charge in [-0.15, -0.1) is 0 Å². The second kappa shape index (κ2) is 8.50. The van der Waals surface area contributed by atoms with Gasteiger partial charge in [0.2, 0.25) is 5.91 Å². The number of amides is 2. The third kappa shape index (κ3) is 3.94. The van der Waals surface area contributed by atoms with Gasteiger partial charge in [-0.25, -0.2) is 4.39 Å². The largest absolute Gasteiger partial charge is 0.351 e. The van der Waals surface area contributed by atoms with Gasteiger partial charge in [0.25, 0.3) is 5.91 Å². The molecule has 1 saturated carbocycles. The highest BCUT2D eigenvalue weighted by atomic mass is 19.1. The molecule has 0 unspecified atom stereocenters. The Kier molecular flexibility index (Phi) is 5.52. The quantitative estimate of drug-likeness (QED) is 0.615. The summed E-state index contributed by atoms with van der Waals surface area (Å²) in [5.41, 5.74) is 1.99. The normalized spacial score (nSPS) is 20.7. The van der Waals surface area contributed by atoms with Crippen LogP contribution in [0.15, 0.2) is 66.7 Å². The molecule has 1 atom stereocenters. The average molecular weight is 446 g/mol. The summed E-state index contributed by atoms with van der Waals surface area (Å²) in [4.78, 5) is 29.0. The lowest BCUT2D eigenvalue weighted by atomic mass is 9.93. The summed E-state index contributed by atoms with van der Waals surface area (Å²) in [6.45, 7) is 2.32. The minimum absolute atomic E-state index is 0.139. The van der Waals surface area contributed by atoms with Crippen molar-refractivity contribution < 1.29 is 14.0 Å². The maximum atomic E-state index is 13.9. The van der Waals surface area contributed by atoms with Crippen molar-refractivity contribution >= 4 is 11.8 Å². The summed E-state index contributed by atoms with van der Waals surface area (Å²) in [6.07, 6.45) is 4.13. The first kappa shape index (κ1) is 21.4. The molecule has 0 saturated heterocycles. The Bertz CT molecular complexity index is 1180. The summed E-state index contributed by atoms with van der Waals surface area (Å²) < 4.78 is 15.8. The third-order valence-corrected chi connectivity index (χ3v) is 6.99. The number of hydrogen-bond donors (Lipinski definition) is 1. The minimum atomic E-state index is -1.11. The van der Waals surface area contributed by atoms with Gasteiger partial charge in [-0.05, 0) is 55.2 Å². The van der Waals surface area contributed by atoms with E-state index in [1.165, 1.54) is 12.1 Å². The molecule has 33 heavy (non-hydrogen) atoms. The van der Waals surface area contributed by atoms with Crippen LogP contribution in [0.2, 0.25) is 0 Å². The van der Waals surface area contributed by atoms with Crippen molar-refractivity contribution in [2.75, 3.05) is 0 Å². The second-order valence-electron chi connectivity index (χ2n) is 9.31. The Morgan fingerprint density at radius 2 is 1.76 bits per heavy atom. The van der Waals surface area contributed by atoms with Crippen molar-refractivity contribution in [1.29, 1.82) is 0 Å². The van der Waals surface area contributed by atoms with Crippen LogP contribution < -0.4 is 5.32 Å². The van der Waals surface area contributed by atoms with E-state index >= 15 is 0 Å². The second-order valence-corrected chi connectivity index (χ2v) is 9.31. The van der Waals surface area contributed by atoms with E-state index in [1.807, 2.05) is 54.0 Å². The smallest absolute Gasteiger partial charge is 0.271 e. The zero-order chi connectivity index (χ0) is 23.0. The maximum absolute atomic E-state index is 13.9. The fourth-order valence-electron chi connectivity index (χ4n) is 5.11. The molecule has 170 valence electrons. The van der Waals surface area contributed by atoms with E-state index in [-0.39, 0.29) is 30.2 Å². The number of aromatic nitrogens is 1. The zero-order valence-corrected chi connectivity index (χ0v) is 18.8. The number of nitrogens with zero attached hydrogens (tertiary/aromatic N) is 2. The standard InChI is InChI=1S/C27H28FN3O2/c1-27(26(33)29-22-12-5-6-13-22)18-30-23(20-9-3-2-4-10-20)14-15-24(30)25(32)31(27)17-19-8-7-11-21(28)16-19/h2-4,7-11,14-16,22H,5-6,12-13,17-18H2,1H3,(H,29,33)/t27-/m1/s1. The minimum Gasteiger partial charge on any atom is -0.351 e. The van der Waals surface area contributed by atoms with Crippen LogP contribution in [0.3, 0.4) is 0 Å². The number of hydrogen-bond acceptors (Lipinski definition) is 2. The van der Waals surface area contributed by atoms with Crippen LogP contribution in [0.5, 0.6) is 0 Å². The van der Waals surface area contributed by atoms with Crippen LogP contribution in [0.25, 0.3) is 11.3 Å². The number of nitrogens with one attached hydrogen (secondary N) is 1. The Hall–Kier alpha value is -3.41. The van der Waals surface area contributed by atoms with Crippen LogP contribution in [0, 0.1) is 5.82 Å². The molecule has 1 aromatic heterocycles. The predicted octanol–water partition coefficient (Wildman–Crippen LogP) is 4.77. The predicted molar refractivity (Wildman–Crippen MR) is 125 cm³/mol. The first-order valence-electron chi connectivity index (χ1n) is 11.6. The number of carbonyl (C=O) groups excluding carboxylic acids is 2. The molecule has 0 radical (unpaired) electrons. The van der Waals surface area contributed by atoms with Crippen molar-refractivity contribution in [3.05, 3.63) is 83.8 Å². The van der Waals surface area contributed by atoms with Crippen molar-refractivity contribution in [3.8, 4) is 11.3 Å². The van der Waals surface area contributed by atoms with E-state index in [9.17, 15) is 14.0 Å². The first-order chi connectivity index (χ1) is 16.0. The van der Waals surface area contributed by atoms with Gasteiger partial charge >= 0.3 is 0 Å². The van der Waals surface area contributed by atoms with Gasteiger partial charge in [0, 0.05) is 18.3 Å². The molecule has 1 fully saturated rings. The summed E-state index contributed by atoms with van der Waals surface area (Å²) in [5.74, 6) is -0.738. The van der Waals surface area contributed by atoms with Gasteiger partial charge in [0.05, 0.1) is 6.54 Å². The molecule has 3 aromatic rings. The molecular weight excluding hydrogens is 417 g/mol. The van der Waals surface area contributed by atoms with Gasteiger partial charge in [0.1, 0.15) is 17.1 Å². The number of benzene rings is 2. The van der Waals surface area contributed by atoms with Crippen LogP contribution in [0.4, 0.5) is 4.39 Å². The third-order valence-electron chi connectivity index (χ3n) is 6.99. The molecule has 5 nitrogen and oxygen atoms in total. The summed E-state index contributed by atoms with van der Waals surface area (Å²) in [5, 5.41) is 3.20. The van der Waals surface area contributed by atoms with E-state index in [0.717, 1.165) is 36.9 Å². The van der Waals surface area contributed by atoms with E-state index in [0.29, 0.717) is 17.8 Å². The van der Waals surface area contributed by atoms with Gasteiger partial charge in [0.15, 0.2) is 0 Å². The summed E-state index contributed by atoms with van der Waals surface area (Å²) >= 11 is 0. The first-order valence-corrected chi connectivity index (χ1v) is 11.6. The molecule has 5 rings (SSSR count). The fourth-order valence-corrected chi connectivity index (χ4v) is 5.11. The summed E-state index contributed by atoms with van der Waals surface area (Å²) in [6, 6.07) is 20.0. The SMILES string of the molecule is C[C@]1(C(=O)NC2CCCC2)Cn2c(ccc2-c2ccccc2)C(=O)N1Cc1cccc(F)c1. The van der Waals surface area contributed by atoms with E-state index < -0.39 is 5.54 Å². The molecule has 1 aliphatic heterocycles. The summed E-state index contributed by atoms with van der Waals surface area (Å²) in [7, 11) is 0. The molecule has 2 aromatic carbocycles. The van der Waals surface area contributed by atoms with E-state index in [2.05, 4.69) is 5.32 Å². The molecule has 1 N–H and O–H groups in total. The van der Waals surface area contributed by atoms with Crippen molar-refractivity contribution in [3.63, 3.8) is 0 Å². The topological polar surface area (TPSA) is 54.3 Å². The van der Waals surface area contributed by atoms with Gasteiger partial charge in [-0.3, -0.25) is 9.59 Å². The molecule has 0 spiro atoms. The molecule has 2 aliphatic rings. The molecule has 2 amide bonds. The maximum Gasteiger partial charge on any atom is 0.271 e. The molecule has 2 heterocycles. The highest BCUT2D eigenvalue weighted by Crippen LogP contribution is 2.34. The van der Waals surface area contributed by atoms with Gasteiger partial charge < -0.3 is 14.8 Å². The van der Waals surface area contributed by atoms with Crippen LogP contribution in [-0.2, 0) is 17.9 Å². The molecule has 1 aliphatic carbocycles. The zero-order valence-electron chi connectivity index (χ0n) is 18.8.